The van der Waals surface area contributed by atoms with E-state index in [0.717, 1.165) is 5.56 Å². The zero-order chi connectivity index (χ0) is 24.6. The van der Waals surface area contributed by atoms with Crippen LogP contribution < -0.4 is 15.0 Å². The number of fused-ring (bicyclic) bond motifs is 3. The van der Waals surface area contributed by atoms with Crippen LogP contribution in [0.1, 0.15) is 28.8 Å². The van der Waals surface area contributed by atoms with E-state index in [1.807, 2.05) is 30.3 Å². The van der Waals surface area contributed by atoms with Crippen LogP contribution >= 0.6 is 0 Å². The highest BCUT2D eigenvalue weighted by Crippen LogP contribution is 2.45. The van der Waals surface area contributed by atoms with E-state index in [4.69, 9.17) is 0 Å². The largest absolute Gasteiger partial charge is 0.435 e. The monoisotopic (exact) mass is 477 g/mol. The van der Waals surface area contributed by atoms with Crippen molar-refractivity contribution in [2.45, 2.75) is 31.7 Å². The molecule has 2 aliphatic rings. The molecular formula is C26H21F2N3O4. The van der Waals surface area contributed by atoms with Gasteiger partial charge in [-0.05, 0) is 42.0 Å². The lowest BCUT2D eigenvalue weighted by Gasteiger charge is -2.49. The Balaban J connectivity index is 1.56. The Morgan fingerprint density at radius 3 is 2.37 bits per heavy atom. The Kier molecular flexibility index (Phi) is 5.68. The van der Waals surface area contributed by atoms with Crippen LogP contribution in [0.2, 0.25) is 0 Å². The van der Waals surface area contributed by atoms with Crippen molar-refractivity contribution in [3.63, 3.8) is 0 Å². The Hall–Kier alpha value is -4.27. The van der Waals surface area contributed by atoms with Crippen molar-refractivity contribution >= 4 is 29.1 Å². The van der Waals surface area contributed by atoms with Gasteiger partial charge in [0.2, 0.25) is 11.6 Å². The van der Waals surface area contributed by atoms with E-state index in [9.17, 15) is 23.2 Å². The van der Waals surface area contributed by atoms with E-state index < -0.39 is 18.2 Å². The van der Waals surface area contributed by atoms with Gasteiger partial charge >= 0.3 is 6.61 Å². The Morgan fingerprint density at radius 2 is 1.66 bits per heavy atom. The number of ether oxygens (including phenoxy) is 1. The lowest BCUT2D eigenvalue weighted by molar-refractivity contribution is -0.129. The standard InChI is InChI=1S/C26H21F2N3O4/c27-25(28)35-19-12-10-18(11-13-19)29-24(34)26-15-14-22(32)31(26)21-9-5-4-8-20(21)23(33)30(26)16-17-6-2-1-3-7-17/h1-13,25H,14-16H2,(H,29,34)/t26-/m1/s1. The van der Waals surface area contributed by atoms with Gasteiger partial charge in [0.05, 0.1) is 11.3 Å². The molecule has 0 aliphatic carbocycles. The van der Waals surface area contributed by atoms with Crippen molar-refractivity contribution in [2.24, 2.45) is 0 Å². The molecule has 178 valence electrons. The number of nitrogens with zero attached hydrogens (tertiary/aromatic N) is 2. The Labute approximate surface area is 199 Å². The average molecular weight is 477 g/mol. The molecule has 0 spiro atoms. The summed E-state index contributed by atoms with van der Waals surface area (Å²) in [6.45, 7) is -2.85. The number of anilines is 2. The highest BCUT2D eigenvalue weighted by Gasteiger charge is 2.60. The number of halogens is 2. The number of hydrogen-bond acceptors (Lipinski definition) is 4. The minimum atomic E-state index is -2.97. The number of alkyl halides is 2. The number of hydrogen-bond donors (Lipinski definition) is 1. The molecule has 0 saturated carbocycles. The zero-order valence-corrected chi connectivity index (χ0v) is 18.5. The number of para-hydroxylation sites is 1. The molecule has 1 N–H and O–H groups in total. The second-order valence-corrected chi connectivity index (χ2v) is 8.30. The maximum absolute atomic E-state index is 13.9. The number of carbonyl (C=O) groups excluding carboxylic acids is 3. The molecule has 35 heavy (non-hydrogen) atoms. The van der Waals surface area contributed by atoms with Crippen molar-refractivity contribution in [1.29, 1.82) is 0 Å². The first kappa shape index (κ1) is 22.5. The van der Waals surface area contributed by atoms with Crippen molar-refractivity contribution in [2.75, 3.05) is 10.2 Å². The van der Waals surface area contributed by atoms with Gasteiger partial charge in [-0.3, -0.25) is 19.3 Å². The quantitative estimate of drug-likeness (QED) is 0.571. The van der Waals surface area contributed by atoms with Gasteiger partial charge in [0.25, 0.3) is 11.8 Å². The first-order valence-electron chi connectivity index (χ1n) is 11.0. The van der Waals surface area contributed by atoms with E-state index >= 15 is 0 Å². The van der Waals surface area contributed by atoms with Gasteiger partial charge in [-0.25, -0.2) is 0 Å². The van der Waals surface area contributed by atoms with E-state index in [1.54, 1.807) is 24.3 Å². The van der Waals surface area contributed by atoms with Crippen molar-refractivity contribution in [3.05, 3.63) is 90.0 Å². The molecule has 0 unspecified atom stereocenters. The van der Waals surface area contributed by atoms with E-state index in [0.29, 0.717) is 16.9 Å². The average Bonchev–Trinajstić information content (AvgIpc) is 3.21. The second-order valence-electron chi connectivity index (χ2n) is 8.30. The van der Waals surface area contributed by atoms with Crippen LogP contribution in [-0.4, -0.2) is 34.9 Å². The van der Waals surface area contributed by atoms with Crippen molar-refractivity contribution in [1.82, 2.24) is 4.90 Å². The molecule has 7 nitrogen and oxygen atoms in total. The fourth-order valence-corrected chi connectivity index (χ4v) is 4.72. The molecule has 1 atom stereocenters. The molecule has 5 rings (SSSR count). The van der Waals surface area contributed by atoms with Crippen molar-refractivity contribution < 1.29 is 27.9 Å². The summed E-state index contributed by atoms with van der Waals surface area (Å²) in [5.41, 5.74) is 0.267. The summed E-state index contributed by atoms with van der Waals surface area (Å²) >= 11 is 0. The first-order chi connectivity index (χ1) is 16.9. The van der Waals surface area contributed by atoms with Crippen LogP contribution in [0, 0.1) is 0 Å². The number of benzene rings is 3. The summed E-state index contributed by atoms with van der Waals surface area (Å²) in [5, 5.41) is 2.77. The third-order valence-corrected chi connectivity index (χ3v) is 6.26. The molecule has 1 saturated heterocycles. The van der Waals surface area contributed by atoms with Gasteiger partial charge in [0.1, 0.15) is 5.75 Å². The molecule has 3 amide bonds. The maximum atomic E-state index is 13.9. The van der Waals surface area contributed by atoms with Gasteiger partial charge in [0.15, 0.2) is 0 Å². The summed E-state index contributed by atoms with van der Waals surface area (Å²) in [4.78, 5) is 43.5. The van der Waals surface area contributed by atoms with Gasteiger partial charge < -0.3 is 15.0 Å². The fourth-order valence-electron chi connectivity index (χ4n) is 4.72. The maximum Gasteiger partial charge on any atom is 0.387 e. The predicted molar refractivity (Wildman–Crippen MR) is 124 cm³/mol. The van der Waals surface area contributed by atoms with Gasteiger partial charge in [-0.2, -0.15) is 8.78 Å². The third kappa shape index (κ3) is 3.88. The molecule has 2 aliphatic heterocycles. The molecule has 2 heterocycles. The van der Waals surface area contributed by atoms with Crippen LogP contribution in [0.15, 0.2) is 78.9 Å². The minimum absolute atomic E-state index is 0.0543. The third-order valence-electron chi connectivity index (χ3n) is 6.26. The topological polar surface area (TPSA) is 79.0 Å². The first-order valence-corrected chi connectivity index (χ1v) is 11.0. The number of rotatable bonds is 6. The normalized spacial score (nSPS) is 18.9. The molecule has 0 radical (unpaired) electrons. The molecule has 1 fully saturated rings. The van der Waals surface area contributed by atoms with Gasteiger partial charge in [-0.15, -0.1) is 0 Å². The van der Waals surface area contributed by atoms with Gasteiger partial charge in [0, 0.05) is 25.1 Å². The summed E-state index contributed by atoms with van der Waals surface area (Å²) < 4.78 is 29.3. The van der Waals surface area contributed by atoms with Crippen LogP contribution in [0.25, 0.3) is 0 Å². The van der Waals surface area contributed by atoms with Crippen molar-refractivity contribution in [3.8, 4) is 5.75 Å². The van der Waals surface area contributed by atoms with Crippen LogP contribution in [0.5, 0.6) is 5.75 Å². The Morgan fingerprint density at radius 1 is 0.971 bits per heavy atom. The highest BCUT2D eigenvalue weighted by molar-refractivity contribution is 6.18. The summed E-state index contributed by atoms with van der Waals surface area (Å²) in [6.07, 6.45) is 0.193. The predicted octanol–water partition coefficient (Wildman–Crippen LogP) is 4.41. The van der Waals surface area contributed by atoms with E-state index in [-0.39, 0.29) is 37.0 Å². The molecule has 3 aromatic rings. The van der Waals surface area contributed by atoms with Crippen LogP contribution in [0.3, 0.4) is 0 Å². The number of carbonyl (C=O) groups is 3. The van der Waals surface area contributed by atoms with Crippen LogP contribution in [-0.2, 0) is 16.1 Å². The highest BCUT2D eigenvalue weighted by atomic mass is 19.3. The lowest BCUT2D eigenvalue weighted by atomic mass is 9.94. The summed E-state index contributed by atoms with van der Waals surface area (Å²) in [7, 11) is 0. The van der Waals surface area contributed by atoms with Gasteiger partial charge in [-0.1, -0.05) is 42.5 Å². The molecule has 0 aromatic heterocycles. The molecule has 3 aromatic carbocycles. The molecule has 0 bridgehead atoms. The zero-order valence-electron chi connectivity index (χ0n) is 18.5. The Bertz CT molecular complexity index is 1280. The minimum Gasteiger partial charge on any atom is -0.435 e. The number of amides is 3. The summed E-state index contributed by atoms with van der Waals surface area (Å²) in [6, 6.07) is 21.4. The van der Waals surface area contributed by atoms with E-state index in [2.05, 4.69) is 10.1 Å². The van der Waals surface area contributed by atoms with E-state index in [1.165, 1.54) is 34.1 Å². The molecule has 9 heteroatoms. The lowest BCUT2D eigenvalue weighted by Crippen LogP contribution is -2.69. The van der Waals surface area contributed by atoms with Crippen LogP contribution in [0.4, 0.5) is 20.2 Å². The fraction of sp³-hybridized carbons (Fsp3) is 0.192. The second kappa shape index (κ2) is 8.83. The molecular weight excluding hydrogens is 456 g/mol. The SMILES string of the molecule is O=C1c2ccccc2N2C(=O)CC[C@@]2(C(=O)Nc2ccc(OC(F)F)cc2)N1Cc1ccccc1. The number of nitrogens with one attached hydrogen (secondary N) is 1. The smallest absolute Gasteiger partial charge is 0.387 e. The summed E-state index contributed by atoms with van der Waals surface area (Å²) in [5.74, 6) is -1.24.